The maximum atomic E-state index is 13.3. The van der Waals surface area contributed by atoms with Crippen molar-refractivity contribution in [3.63, 3.8) is 0 Å². The van der Waals surface area contributed by atoms with Crippen molar-refractivity contribution in [1.29, 1.82) is 0 Å². The topological polar surface area (TPSA) is 298 Å². The molecule has 0 saturated carbocycles. The highest BCUT2D eigenvalue weighted by Crippen LogP contribution is 2.39. The summed E-state index contributed by atoms with van der Waals surface area (Å²) in [6.45, 7) is 3.34. The first-order chi connectivity index (χ1) is 29.0. The first-order valence-corrected chi connectivity index (χ1v) is 18.1. The number of carboxylic acid groups (broad SMARTS) is 1. The summed E-state index contributed by atoms with van der Waals surface area (Å²) in [6.07, 6.45) is -1.05. The zero-order valence-corrected chi connectivity index (χ0v) is 32.3. The Labute approximate surface area is 346 Å². The highest BCUT2D eigenvalue weighted by molar-refractivity contribution is 6.10. The molecule has 0 aliphatic rings. The van der Waals surface area contributed by atoms with Crippen molar-refractivity contribution in [3.8, 4) is 11.5 Å². The Bertz CT molecular complexity index is 2510. The summed E-state index contributed by atoms with van der Waals surface area (Å²) < 4.78 is 5.76. The van der Waals surface area contributed by atoms with E-state index in [9.17, 15) is 48.8 Å². The summed E-state index contributed by atoms with van der Waals surface area (Å²) in [4.78, 5) is 98.5. The third-order valence-electron chi connectivity index (χ3n) is 8.55. The van der Waals surface area contributed by atoms with Crippen LogP contribution in [0.25, 0.3) is 0 Å². The Morgan fingerprint density at radius 3 is 1.59 bits per heavy atom. The molecule has 61 heavy (non-hydrogen) atoms. The number of carboxylic acids is 1. The molecule has 0 bridgehead atoms. The van der Waals surface area contributed by atoms with Gasteiger partial charge in [-0.1, -0.05) is 0 Å². The van der Waals surface area contributed by atoms with Gasteiger partial charge in [0.15, 0.2) is 11.5 Å². The van der Waals surface area contributed by atoms with Crippen LogP contribution >= 0.6 is 0 Å². The number of nitrogens with two attached hydrogens (primary N) is 1. The molecule has 5 rings (SSSR count). The van der Waals surface area contributed by atoms with Gasteiger partial charge < -0.3 is 47.3 Å². The van der Waals surface area contributed by atoms with Crippen molar-refractivity contribution < 1.29 is 53.4 Å². The molecule has 0 aromatic heterocycles. The number of nitro benzene ring substituents is 1. The van der Waals surface area contributed by atoms with Crippen LogP contribution in [-0.4, -0.2) is 68.7 Å². The molecule has 0 fully saturated rings. The summed E-state index contributed by atoms with van der Waals surface area (Å²) in [6, 6.07) is 22.6. The van der Waals surface area contributed by atoms with Gasteiger partial charge >= 0.3 is 5.97 Å². The van der Waals surface area contributed by atoms with Crippen LogP contribution in [0, 0.1) is 10.1 Å². The zero-order valence-electron chi connectivity index (χ0n) is 32.3. The SMILES string of the molecule is CC(C)Oc1c(NC(=O)c2ccc(NC(=O)C(CC(N)=O)NC(=O)c3ccc(NC(=O)c4ccc([N+](=O)[O-])cc4)cc3)cc2)ccc(C(=O)Nc2ccc(C(=O)O)cc2)c1O. The number of amides is 6. The minimum absolute atomic E-state index is 0.0145. The predicted molar refractivity (Wildman–Crippen MR) is 221 cm³/mol. The number of carbonyl (C=O) groups excluding carboxylic acids is 6. The van der Waals surface area contributed by atoms with E-state index < -0.39 is 70.7 Å². The molecule has 0 aliphatic carbocycles. The molecular weight excluding hydrogens is 794 g/mol. The fourth-order valence-electron chi connectivity index (χ4n) is 5.53. The second-order valence-electron chi connectivity index (χ2n) is 13.4. The van der Waals surface area contributed by atoms with Gasteiger partial charge in [0.2, 0.25) is 11.8 Å². The monoisotopic (exact) mass is 831 g/mol. The number of hydrogen-bond acceptors (Lipinski definition) is 11. The second kappa shape index (κ2) is 19.2. The Morgan fingerprint density at radius 2 is 1.10 bits per heavy atom. The fourth-order valence-corrected chi connectivity index (χ4v) is 5.53. The van der Waals surface area contributed by atoms with E-state index in [-0.39, 0.29) is 56.3 Å². The number of ether oxygens (including phenoxy) is 1. The average Bonchev–Trinajstić information content (AvgIpc) is 3.22. The molecule has 1 unspecified atom stereocenters. The van der Waals surface area contributed by atoms with Crippen LogP contribution in [0.3, 0.4) is 0 Å². The van der Waals surface area contributed by atoms with Gasteiger partial charge in [-0.3, -0.25) is 38.9 Å². The number of anilines is 4. The summed E-state index contributed by atoms with van der Waals surface area (Å²) in [7, 11) is 0. The Balaban J connectivity index is 1.21. The molecule has 0 spiro atoms. The number of aromatic hydroxyl groups is 1. The third-order valence-corrected chi connectivity index (χ3v) is 8.55. The van der Waals surface area contributed by atoms with Crippen molar-refractivity contribution in [2.24, 2.45) is 5.73 Å². The number of aromatic carboxylic acids is 1. The van der Waals surface area contributed by atoms with E-state index in [0.29, 0.717) is 5.69 Å². The number of nitrogens with one attached hydrogen (secondary N) is 5. The number of primary amides is 1. The number of phenolic OH excluding ortho intramolecular Hbond substituents is 1. The number of phenols is 1. The van der Waals surface area contributed by atoms with Crippen LogP contribution in [0.15, 0.2) is 109 Å². The maximum Gasteiger partial charge on any atom is 0.335 e. The smallest absolute Gasteiger partial charge is 0.335 e. The van der Waals surface area contributed by atoms with Crippen molar-refractivity contribution in [1.82, 2.24) is 5.32 Å². The van der Waals surface area contributed by atoms with Crippen molar-refractivity contribution >= 4 is 69.8 Å². The number of nitrogens with zero attached hydrogens (tertiary/aromatic N) is 1. The standard InChI is InChI=1S/C42H37N7O12/c1-22(2)61-36-32(20-19-31(35(36)51)40(55)45-28-15-7-26(8-16-28)42(57)58)47-38(53)23-5-13-29(14-6-23)46-41(56)33(21-34(43)50)48-39(54)24-3-11-27(12-4-24)44-37(52)25-9-17-30(18-10-25)49(59)60/h3-20,22,33,51H,21H2,1-2H3,(H2,43,50)(H,44,52)(H,45,55)(H,46,56)(H,47,53)(H,48,54)(H,57,58). The van der Waals surface area contributed by atoms with Crippen molar-refractivity contribution in [3.05, 3.63) is 147 Å². The number of rotatable bonds is 16. The number of hydrogen-bond donors (Lipinski definition) is 8. The first kappa shape index (κ1) is 43.5. The number of nitro groups is 1. The highest BCUT2D eigenvalue weighted by atomic mass is 16.6. The number of benzene rings is 5. The minimum atomic E-state index is -1.41. The predicted octanol–water partition coefficient (Wildman–Crippen LogP) is 5.16. The average molecular weight is 832 g/mol. The van der Waals surface area contributed by atoms with Crippen LogP contribution in [-0.2, 0) is 9.59 Å². The largest absolute Gasteiger partial charge is 0.504 e. The molecular formula is C42H37N7O12. The molecule has 0 saturated heterocycles. The first-order valence-electron chi connectivity index (χ1n) is 18.1. The molecule has 19 heteroatoms. The van der Waals surface area contributed by atoms with E-state index in [2.05, 4.69) is 26.6 Å². The van der Waals surface area contributed by atoms with E-state index in [1.807, 2.05) is 0 Å². The molecule has 0 aliphatic heterocycles. The van der Waals surface area contributed by atoms with Gasteiger partial charge in [0, 0.05) is 45.9 Å². The van der Waals surface area contributed by atoms with Crippen LogP contribution in [0.1, 0.15) is 72.1 Å². The van der Waals surface area contributed by atoms with Gasteiger partial charge in [-0.15, -0.1) is 0 Å². The summed E-state index contributed by atoms with van der Waals surface area (Å²) in [5.74, 6) is -6.26. The fraction of sp³-hybridized carbons (Fsp3) is 0.119. The lowest BCUT2D eigenvalue weighted by Crippen LogP contribution is -2.46. The van der Waals surface area contributed by atoms with Crippen LogP contribution in [0.5, 0.6) is 11.5 Å². The van der Waals surface area contributed by atoms with E-state index in [1.54, 1.807) is 13.8 Å². The molecule has 0 heterocycles. The molecule has 9 N–H and O–H groups in total. The normalized spacial score (nSPS) is 11.1. The van der Waals surface area contributed by atoms with Gasteiger partial charge in [0.05, 0.1) is 34.3 Å². The molecule has 312 valence electrons. The van der Waals surface area contributed by atoms with E-state index in [0.717, 1.165) is 0 Å². The Kier molecular flexibility index (Phi) is 13.7. The lowest BCUT2D eigenvalue weighted by molar-refractivity contribution is -0.384. The summed E-state index contributed by atoms with van der Waals surface area (Å²) >= 11 is 0. The summed E-state index contributed by atoms with van der Waals surface area (Å²) in [5.41, 5.74) is 6.13. The van der Waals surface area contributed by atoms with Crippen molar-refractivity contribution in [2.45, 2.75) is 32.4 Å². The van der Waals surface area contributed by atoms with Gasteiger partial charge in [0.25, 0.3) is 29.3 Å². The lowest BCUT2D eigenvalue weighted by Gasteiger charge is -2.19. The zero-order chi connectivity index (χ0) is 44.4. The Hall–Kier alpha value is -8.61. The third kappa shape index (κ3) is 11.5. The minimum Gasteiger partial charge on any atom is -0.504 e. The van der Waals surface area contributed by atoms with Gasteiger partial charge in [-0.05, 0) is 111 Å². The van der Waals surface area contributed by atoms with E-state index >= 15 is 0 Å². The summed E-state index contributed by atoms with van der Waals surface area (Å²) in [5, 5.41) is 43.9. The lowest BCUT2D eigenvalue weighted by atomic mass is 10.1. The quantitative estimate of drug-likeness (QED) is 0.0473. The number of non-ortho nitro benzene ring substituents is 1. The highest BCUT2D eigenvalue weighted by Gasteiger charge is 2.25. The van der Waals surface area contributed by atoms with Gasteiger partial charge in [-0.25, -0.2) is 4.79 Å². The van der Waals surface area contributed by atoms with Crippen molar-refractivity contribution in [2.75, 3.05) is 21.3 Å². The van der Waals surface area contributed by atoms with Gasteiger partial charge in [-0.2, -0.15) is 0 Å². The molecule has 19 nitrogen and oxygen atoms in total. The molecule has 6 amide bonds. The van der Waals surface area contributed by atoms with E-state index in [4.69, 9.17) is 15.6 Å². The molecule has 1 atom stereocenters. The molecule has 5 aromatic carbocycles. The van der Waals surface area contributed by atoms with Crippen LogP contribution in [0.2, 0.25) is 0 Å². The number of carbonyl (C=O) groups is 7. The maximum absolute atomic E-state index is 13.3. The second-order valence-corrected chi connectivity index (χ2v) is 13.4. The van der Waals surface area contributed by atoms with Gasteiger partial charge in [0.1, 0.15) is 6.04 Å². The van der Waals surface area contributed by atoms with E-state index in [1.165, 1.54) is 109 Å². The molecule has 0 radical (unpaired) electrons. The van der Waals surface area contributed by atoms with Crippen LogP contribution in [0.4, 0.5) is 28.4 Å². The Morgan fingerprint density at radius 1 is 0.639 bits per heavy atom. The molecule has 5 aromatic rings. The van der Waals surface area contributed by atoms with Crippen LogP contribution < -0.4 is 37.1 Å².